The van der Waals surface area contributed by atoms with Crippen LogP contribution in [-0.2, 0) is 4.79 Å². The normalized spacial score (nSPS) is 19.9. The molecule has 2 N–H and O–H groups in total. The van der Waals surface area contributed by atoms with Crippen molar-refractivity contribution in [2.75, 3.05) is 17.7 Å². The molecule has 32 heavy (non-hydrogen) atoms. The van der Waals surface area contributed by atoms with E-state index in [1.807, 2.05) is 48.5 Å². The number of benzene rings is 3. The first-order valence-electron chi connectivity index (χ1n) is 10.5. The van der Waals surface area contributed by atoms with Crippen LogP contribution in [0.3, 0.4) is 0 Å². The van der Waals surface area contributed by atoms with Crippen LogP contribution in [0.15, 0.2) is 78.0 Å². The van der Waals surface area contributed by atoms with Crippen molar-refractivity contribution in [2.45, 2.75) is 24.8 Å². The Balaban J connectivity index is 1.62. The van der Waals surface area contributed by atoms with Gasteiger partial charge in [0.1, 0.15) is 17.4 Å². The summed E-state index contributed by atoms with van der Waals surface area (Å²) in [4.78, 5) is 13.4. The Morgan fingerprint density at radius 3 is 2.25 bits per heavy atom. The number of carbonyl (C=O) groups excluding carboxylic acids is 1. The lowest BCUT2D eigenvalue weighted by molar-refractivity contribution is -0.116. The van der Waals surface area contributed by atoms with Crippen molar-refractivity contribution < 1.29 is 18.3 Å². The molecule has 3 aromatic carbocycles. The van der Waals surface area contributed by atoms with Gasteiger partial charge in [-0.3, -0.25) is 4.79 Å². The second-order valence-corrected chi connectivity index (χ2v) is 8.08. The Morgan fingerprint density at radius 2 is 1.56 bits per heavy atom. The molecule has 2 atom stereocenters. The molecule has 4 nitrogen and oxygen atoms in total. The average molecular weight is 432 g/mol. The van der Waals surface area contributed by atoms with Gasteiger partial charge in [0.2, 0.25) is 0 Å². The number of nitrogens with one attached hydrogen (secondary N) is 2. The van der Waals surface area contributed by atoms with E-state index in [4.69, 9.17) is 4.74 Å². The van der Waals surface area contributed by atoms with E-state index in [-0.39, 0.29) is 23.7 Å². The van der Waals surface area contributed by atoms with Crippen LogP contribution in [0.2, 0.25) is 0 Å². The van der Waals surface area contributed by atoms with Gasteiger partial charge >= 0.3 is 0 Å². The molecule has 0 saturated carbocycles. The van der Waals surface area contributed by atoms with E-state index in [0.717, 1.165) is 17.0 Å². The van der Waals surface area contributed by atoms with Crippen LogP contribution in [-0.4, -0.2) is 12.9 Å². The number of carbonyl (C=O) groups is 1. The van der Waals surface area contributed by atoms with E-state index in [9.17, 15) is 13.6 Å². The van der Waals surface area contributed by atoms with E-state index in [0.29, 0.717) is 23.4 Å². The van der Waals surface area contributed by atoms with Crippen LogP contribution in [0, 0.1) is 11.6 Å². The van der Waals surface area contributed by atoms with E-state index >= 15 is 0 Å². The monoisotopic (exact) mass is 432 g/mol. The van der Waals surface area contributed by atoms with Crippen molar-refractivity contribution in [3.05, 3.63) is 101 Å². The summed E-state index contributed by atoms with van der Waals surface area (Å²) in [6, 6.07) is 17.9. The molecule has 0 aromatic heterocycles. The molecule has 0 unspecified atom stereocenters. The van der Waals surface area contributed by atoms with E-state index < -0.39 is 17.7 Å². The summed E-state index contributed by atoms with van der Waals surface area (Å²) in [5.41, 5.74) is 3.40. The van der Waals surface area contributed by atoms with Crippen molar-refractivity contribution in [3.8, 4) is 5.75 Å². The van der Waals surface area contributed by atoms with Crippen molar-refractivity contribution in [3.63, 3.8) is 0 Å². The van der Waals surface area contributed by atoms with Gasteiger partial charge in [-0.25, -0.2) is 8.78 Å². The minimum atomic E-state index is -0.924. The highest BCUT2D eigenvalue weighted by Crippen LogP contribution is 2.45. The lowest BCUT2D eigenvalue weighted by Crippen LogP contribution is -2.28. The second kappa shape index (κ2) is 8.11. The Hall–Kier alpha value is -3.67. The zero-order valence-corrected chi connectivity index (χ0v) is 17.5. The smallest absolute Gasteiger partial charge is 0.163 e. The molecule has 2 aliphatic rings. The maximum atomic E-state index is 14.8. The van der Waals surface area contributed by atoms with Crippen molar-refractivity contribution in [1.29, 1.82) is 0 Å². The number of anilines is 2. The van der Waals surface area contributed by atoms with Crippen LogP contribution in [0.1, 0.15) is 35.9 Å². The highest BCUT2D eigenvalue weighted by molar-refractivity contribution is 6.01. The topological polar surface area (TPSA) is 50.4 Å². The number of hydrogen-bond donors (Lipinski definition) is 2. The zero-order chi connectivity index (χ0) is 22.2. The fraction of sp³-hybridized carbons (Fsp3) is 0.192. The van der Waals surface area contributed by atoms with Crippen molar-refractivity contribution in [1.82, 2.24) is 0 Å². The Kier molecular flexibility index (Phi) is 5.13. The number of allylic oxidation sites excluding steroid dienone is 1. The summed E-state index contributed by atoms with van der Waals surface area (Å²) in [6.07, 6.45) is 0.813. The third-order valence-electron chi connectivity index (χ3n) is 6.18. The van der Waals surface area contributed by atoms with E-state index in [2.05, 4.69) is 10.6 Å². The van der Waals surface area contributed by atoms with Crippen LogP contribution < -0.4 is 15.4 Å². The van der Waals surface area contributed by atoms with Gasteiger partial charge in [0.25, 0.3) is 0 Å². The Bertz CT molecular complexity index is 1200. The first-order chi connectivity index (χ1) is 15.5. The molecular formula is C26H22F2N2O2. The van der Waals surface area contributed by atoms with Crippen LogP contribution in [0.5, 0.6) is 5.75 Å². The van der Waals surface area contributed by atoms with Crippen molar-refractivity contribution in [2.24, 2.45) is 0 Å². The van der Waals surface area contributed by atoms with Gasteiger partial charge in [0.05, 0.1) is 30.1 Å². The molecule has 0 saturated heterocycles. The third-order valence-corrected chi connectivity index (χ3v) is 6.18. The molecular weight excluding hydrogens is 410 g/mol. The zero-order valence-electron chi connectivity index (χ0n) is 17.5. The van der Waals surface area contributed by atoms with Gasteiger partial charge in [-0.2, -0.15) is 0 Å². The van der Waals surface area contributed by atoms with Crippen LogP contribution in [0.25, 0.3) is 0 Å². The number of halogens is 2. The quantitative estimate of drug-likeness (QED) is 0.537. The molecule has 0 spiro atoms. The number of methoxy groups -OCH3 is 1. The molecule has 5 rings (SSSR count). The summed E-state index contributed by atoms with van der Waals surface area (Å²) in [5.74, 6) is -0.794. The van der Waals surface area contributed by atoms with E-state index in [1.165, 1.54) is 18.2 Å². The highest BCUT2D eigenvalue weighted by Gasteiger charge is 2.38. The minimum Gasteiger partial charge on any atom is -0.497 e. The molecule has 0 fully saturated rings. The van der Waals surface area contributed by atoms with Gasteiger partial charge < -0.3 is 15.4 Å². The molecule has 0 radical (unpaired) electrons. The van der Waals surface area contributed by atoms with Gasteiger partial charge in [-0.15, -0.1) is 0 Å². The summed E-state index contributed by atoms with van der Waals surface area (Å²) < 4.78 is 34.8. The molecule has 1 aliphatic heterocycles. The maximum absolute atomic E-state index is 14.8. The summed E-state index contributed by atoms with van der Waals surface area (Å²) in [5, 5.41) is 6.60. The number of Topliss-reactive ketones (excluding diaryl/α,β-unsaturated/α-hetero) is 1. The molecule has 0 amide bonds. The standard InChI is InChI=1S/C26H22F2N2O2/c1-32-17-11-9-15(10-12-17)16-13-22-25(23(31)14-16)26(24-18(27)5-4-6-19(24)28)30-21-8-3-2-7-20(21)29-22/h2-12,16,26,29-30H,13-14H2,1H3/t16-,26-/m1/s1. The molecule has 1 aliphatic carbocycles. The fourth-order valence-electron chi connectivity index (χ4n) is 4.61. The van der Waals surface area contributed by atoms with Crippen LogP contribution >= 0.6 is 0 Å². The van der Waals surface area contributed by atoms with Gasteiger partial charge in [0, 0.05) is 17.7 Å². The first-order valence-corrected chi connectivity index (χ1v) is 10.5. The SMILES string of the molecule is COc1ccc([C@H]2CC(=O)C3=C(C2)Nc2ccccc2N[C@@H]3c2c(F)cccc2F)cc1. The lowest BCUT2D eigenvalue weighted by Gasteiger charge is -2.30. The number of para-hydroxylation sites is 2. The number of rotatable bonds is 3. The summed E-state index contributed by atoms with van der Waals surface area (Å²) >= 11 is 0. The van der Waals surface area contributed by atoms with Crippen molar-refractivity contribution >= 4 is 17.2 Å². The molecule has 1 heterocycles. The molecule has 3 aromatic rings. The first kappa shape index (κ1) is 20.2. The number of fused-ring (bicyclic) bond motifs is 1. The second-order valence-electron chi connectivity index (χ2n) is 8.08. The van der Waals surface area contributed by atoms with E-state index in [1.54, 1.807) is 7.11 Å². The maximum Gasteiger partial charge on any atom is 0.163 e. The highest BCUT2D eigenvalue weighted by atomic mass is 19.1. The Labute approximate surface area is 184 Å². The number of ether oxygens (including phenoxy) is 1. The minimum absolute atomic E-state index is 0.0453. The summed E-state index contributed by atoms with van der Waals surface area (Å²) in [7, 11) is 1.61. The fourth-order valence-corrected chi connectivity index (χ4v) is 4.61. The van der Waals surface area contributed by atoms with Gasteiger partial charge in [0.15, 0.2) is 5.78 Å². The lowest BCUT2D eigenvalue weighted by atomic mass is 9.78. The average Bonchev–Trinajstić information content (AvgIpc) is 2.96. The van der Waals surface area contributed by atoms with Crippen LogP contribution in [0.4, 0.5) is 20.2 Å². The Morgan fingerprint density at radius 1 is 0.875 bits per heavy atom. The summed E-state index contributed by atoms with van der Waals surface area (Å²) in [6.45, 7) is 0. The van der Waals surface area contributed by atoms with Gasteiger partial charge in [-0.05, 0) is 54.3 Å². The molecule has 6 heteroatoms. The molecule has 162 valence electrons. The van der Waals surface area contributed by atoms with Gasteiger partial charge in [-0.1, -0.05) is 30.3 Å². The third kappa shape index (κ3) is 3.51. The predicted octanol–water partition coefficient (Wildman–Crippen LogP) is 5.95. The predicted molar refractivity (Wildman–Crippen MR) is 120 cm³/mol. The molecule has 0 bridgehead atoms. The number of hydrogen-bond acceptors (Lipinski definition) is 4. The number of ketones is 1. The largest absolute Gasteiger partial charge is 0.497 e.